The number of halogens is 2. The molecule has 27 heavy (non-hydrogen) atoms. The van der Waals surface area contributed by atoms with Crippen molar-refractivity contribution in [3.8, 4) is 0 Å². The fourth-order valence-corrected chi connectivity index (χ4v) is 2.70. The number of rotatable bonds is 8. The lowest BCUT2D eigenvalue weighted by Gasteiger charge is -2.12. The quantitative estimate of drug-likeness (QED) is 0.549. The standard InChI is InChI=1S/C19H17F2NO4S/c1-12(19(25)13-6-8-14(20)9-7-13)26-18(24)11-27-10-17(23)22-16-5-3-2-4-15(16)21/h2-9,12H,10-11H2,1H3,(H,22,23)/t12-/m1/s1. The number of benzene rings is 2. The van der Waals surface area contributed by atoms with Crippen LogP contribution in [0.3, 0.4) is 0 Å². The van der Waals surface area contributed by atoms with Crippen LogP contribution in [-0.2, 0) is 14.3 Å². The smallest absolute Gasteiger partial charge is 0.316 e. The number of nitrogens with one attached hydrogen (secondary N) is 1. The van der Waals surface area contributed by atoms with Gasteiger partial charge < -0.3 is 10.1 Å². The lowest BCUT2D eigenvalue weighted by molar-refractivity contribution is -0.143. The lowest BCUT2D eigenvalue weighted by atomic mass is 10.1. The minimum atomic E-state index is -1.03. The second-order valence-electron chi connectivity index (χ2n) is 5.52. The number of ketones is 1. The van der Waals surface area contributed by atoms with Crippen LogP contribution in [0.25, 0.3) is 0 Å². The van der Waals surface area contributed by atoms with Gasteiger partial charge in [-0.15, -0.1) is 11.8 Å². The summed E-state index contributed by atoms with van der Waals surface area (Å²) in [7, 11) is 0. The number of hydrogen-bond acceptors (Lipinski definition) is 5. The SMILES string of the molecule is C[C@@H](OC(=O)CSCC(=O)Nc1ccccc1F)C(=O)c1ccc(F)cc1. The average molecular weight is 393 g/mol. The Morgan fingerprint density at radius 2 is 1.70 bits per heavy atom. The molecule has 2 aromatic carbocycles. The number of para-hydroxylation sites is 1. The molecular formula is C19H17F2NO4S. The molecule has 0 unspecified atom stereocenters. The normalized spacial score (nSPS) is 11.5. The van der Waals surface area contributed by atoms with Crippen molar-refractivity contribution in [2.75, 3.05) is 16.8 Å². The van der Waals surface area contributed by atoms with Crippen molar-refractivity contribution in [3.63, 3.8) is 0 Å². The summed E-state index contributed by atoms with van der Waals surface area (Å²) >= 11 is 0.976. The van der Waals surface area contributed by atoms with E-state index in [0.29, 0.717) is 0 Å². The Morgan fingerprint density at radius 1 is 1.04 bits per heavy atom. The second-order valence-corrected chi connectivity index (χ2v) is 6.51. The van der Waals surface area contributed by atoms with E-state index in [4.69, 9.17) is 4.74 Å². The first-order valence-corrected chi connectivity index (χ1v) is 9.13. The molecule has 142 valence electrons. The number of hydrogen-bond donors (Lipinski definition) is 1. The summed E-state index contributed by atoms with van der Waals surface area (Å²) in [6.07, 6.45) is -1.03. The molecule has 1 N–H and O–H groups in total. The summed E-state index contributed by atoms with van der Waals surface area (Å²) in [6, 6.07) is 10.6. The molecule has 0 heterocycles. The number of amides is 1. The van der Waals surface area contributed by atoms with Crippen LogP contribution in [0.15, 0.2) is 48.5 Å². The number of anilines is 1. The number of carbonyl (C=O) groups excluding carboxylic acids is 3. The highest BCUT2D eigenvalue weighted by atomic mass is 32.2. The van der Waals surface area contributed by atoms with Crippen LogP contribution >= 0.6 is 11.8 Å². The molecule has 2 rings (SSSR count). The van der Waals surface area contributed by atoms with E-state index in [-0.39, 0.29) is 22.8 Å². The summed E-state index contributed by atoms with van der Waals surface area (Å²) in [5, 5.41) is 2.40. The molecule has 2 aromatic rings. The maximum atomic E-state index is 13.4. The van der Waals surface area contributed by atoms with Crippen LogP contribution in [-0.4, -0.2) is 35.3 Å². The van der Waals surface area contributed by atoms with Gasteiger partial charge in [0.05, 0.1) is 17.2 Å². The van der Waals surface area contributed by atoms with Crippen molar-refractivity contribution in [1.29, 1.82) is 0 Å². The van der Waals surface area contributed by atoms with Crippen molar-refractivity contribution in [1.82, 2.24) is 0 Å². The van der Waals surface area contributed by atoms with Gasteiger partial charge in [-0.05, 0) is 43.3 Å². The predicted octanol–water partition coefficient (Wildman–Crippen LogP) is 3.45. The highest BCUT2D eigenvalue weighted by Gasteiger charge is 2.19. The van der Waals surface area contributed by atoms with Crippen LogP contribution in [0.4, 0.5) is 14.5 Å². The van der Waals surface area contributed by atoms with E-state index in [1.165, 1.54) is 37.3 Å². The number of esters is 1. The molecule has 0 aliphatic heterocycles. The van der Waals surface area contributed by atoms with Gasteiger partial charge >= 0.3 is 5.97 Å². The van der Waals surface area contributed by atoms with E-state index in [9.17, 15) is 23.2 Å². The predicted molar refractivity (Wildman–Crippen MR) is 98.6 cm³/mol. The molecule has 0 spiro atoms. The third kappa shape index (κ3) is 6.49. The number of carbonyl (C=O) groups is 3. The molecule has 1 amide bonds. The van der Waals surface area contributed by atoms with Gasteiger partial charge in [0, 0.05) is 5.56 Å². The maximum absolute atomic E-state index is 13.4. The summed E-state index contributed by atoms with van der Waals surface area (Å²) in [5.74, 6) is -2.83. The molecule has 1 atom stereocenters. The molecule has 5 nitrogen and oxygen atoms in total. The maximum Gasteiger partial charge on any atom is 0.316 e. The summed E-state index contributed by atoms with van der Waals surface area (Å²) in [4.78, 5) is 35.6. The number of Topliss-reactive ketones (excluding diaryl/α,β-unsaturated/α-hetero) is 1. The monoisotopic (exact) mass is 393 g/mol. The van der Waals surface area contributed by atoms with E-state index in [1.54, 1.807) is 6.07 Å². The summed E-state index contributed by atoms with van der Waals surface area (Å²) < 4.78 is 31.3. The third-order valence-electron chi connectivity index (χ3n) is 3.41. The van der Waals surface area contributed by atoms with Crippen LogP contribution in [0, 0.1) is 11.6 Å². The zero-order chi connectivity index (χ0) is 19.8. The van der Waals surface area contributed by atoms with Gasteiger partial charge in [0.25, 0.3) is 0 Å². The minimum absolute atomic E-state index is 0.0594. The van der Waals surface area contributed by atoms with E-state index in [2.05, 4.69) is 5.32 Å². The largest absolute Gasteiger partial charge is 0.454 e. The summed E-state index contributed by atoms with van der Waals surface area (Å²) in [6.45, 7) is 1.42. The molecule has 0 aliphatic rings. The average Bonchev–Trinajstić information content (AvgIpc) is 2.63. The lowest BCUT2D eigenvalue weighted by Crippen LogP contribution is -2.25. The minimum Gasteiger partial charge on any atom is -0.454 e. The Hall–Kier alpha value is -2.74. The molecule has 8 heteroatoms. The Morgan fingerprint density at radius 3 is 2.37 bits per heavy atom. The second kappa shape index (κ2) is 9.82. The van der Waals surface area contributed by atoms with Gasteiger partial charge in [-0.2, -0.15) is 0 Å². The highest BCUT2D eigenvalue weighted by Crippen LogP contribution is 2.13. The van der Waals surface area contributed by atoms with Gasteiger partial charge in [0.15, 0.2) is 6.10 Å². The fraction of sp³-hybridized carbons (Fsp3) is 0.211. The topological polar surface area (TPSA) is 72.5 Å². The first-order chi connectivity index (χ1) is 12.9. The number of ether oxygens (including phenoxy) is 1. The summed E-state index contributed by atoms with van der Waals surface area (Å²) in [5.41, 5.74) is 0.290. The van der Waals surface area contributed by atoms with Crippen LogP contribution in [0.5, 0.6) is 0 Å². The first kappa shape index (κ1) is 20.6. The van der Waals surface area contributed by atoms with Crippen LogP contribution < -0.4 is 5.32 Å². The molecule has 0 radical (unpaired) electrons. The van der Waals surface area contributed by atoms with E-state index < -0.39 is 35.4 Å². The Bertz CT molecular complexity index is 827. The molecule has 0 bridgehead atoms. The van der Waals surface area contributed by atoms with Gasteiger partial charge in [-0.3, -0.25) is 14.4 Å². The third-order valence-corrected chi connectivity index (χ3v) is 4.31. The molecule has 0 aliphatic carbocycles. The zero-order valence-electron chi connectivity index (χ0n) is 14.4. The number of thioether (sulfide) groups is 1. The Kier molecular flexibility index (Phi) is 7.48. The van der Waals surface area contributed by atoms with E-state index in [0.717, 1.165) is 23.9 Å². The Balaban J connectivity index is 1.73. The van der Waals surface area contributed by atoms with E-state index in [1.807, 2.05) is 0 Å². The van der Waals surface area contributed by atoms with Crippen molar-refractivity contribution in [3.05, 3.63) is 65.7 Å². The van der Waals surface area contributed by atoms with Crippen molar-refractivity contribution in [2.24, 2.45) is 0 Å². The highest BCUT2D eigenvalue weighted by molar-refractivity contribution is 8.00. The molecule has 0 aromatic heterocycles. The van der Waals surface area contributed by atoms with Gasteiger partial charge in [0.1, 0.15) is 11.6 Å². The van der Waals surface area contributed by atoms with Gasteiger partial charge in [0.2, 0.25) is 11.7 Å². The van der Waals surface area contributed by atoms with Crippen LogP contribution in [0.1, 0.15) is 17.3 Å². The first-order valence-electron chi connectivity index (χ1n) is 7.98. The molecule has 0 saturated heterocycles. The van der Waals surface area contributed by atoms with Crippen molar-refractivity contribution < 1.29 is 27.9 Å². The van der Waals surface area contributed by atoms with Crippen LogP contribution in [0.2, 0.25) is 0 Å². The molecular weight excluding hydrogens is 376 g/mol. The van der Waals surface area contributed by atoms with E-state index >= 15 is 0 Å². The fourth-order valence-electron chi connectivity index (χ4n) is 2.11. The van der Waals surface area contributed by atoms with Crippen molar-refractivity contribution in [2.45, 2.75) is 13.0 Å². The zero-order valence-corrected chi connectivity index (χ0v) is 15.2. The van der Waals surface area contributed by atoms with Gasteiger partial charge in [-0.25, -0.2) is 8.78 Å². The van der Waals surface area contributed by atoms with Crippen molar-refractivity contribution >= 4 is 35.1 Å². The molecule has 0 saturated carbocycles. The molecule has 0 fully saturated rings. The Labute approximate surface area is 159 Å². The van der Waals surface area contributed by atoms with Gasteiger partial charge in [-0.1, -0.05) is 12.1 Å².